The quantitative estimate of drug-likeness (QED) is 0.555. The Hall–Kier alpha value is -3.19. The first-order valence-electron chi connectivity index (χ1n) is 12.4. The highest BCUT2D eigenvalue weighted by atomic mass is 16.1. The van der Waals surface area contributed by atoms with Crippen molar-refractivity contribution >= 4 is 11.6 Å². The minimum atomic E-state index is -0.0574. The Bertz CT molecular complexity index is 1160. The van der Waals surface area contributed by atoms with Gasteiger partial charge in [-0.1, -0.05) is 56.4 Å². The fourth-order valence-electron chi connectivity index (χ4n) is 5.39. The van der Waals surface area contributed by atoms with Crippen LogP contribution < -0.4 is 21.5 Å². The first-order chi connectivity index (χ1) is 16.6. The minimum Gasteiger partial charge on any atom is -0.357 e. The summed E-state index contributed by atoms with van der Waals surface area (Å²) < 4.78 is 1.62. The van der Waals surface area contributed by atoms with Crippen LogP contribution in [0.1, 0.15) is 49.7 Å². The number of nitrogens with zero attached hydrogens (tertiary/aromatic N) is 4. The number of hydrogen-bond donors (Lipinski definition) is 2. The summed E-state index contributed by atoms with van der Waals surface area (Å²) in [5, 5.41) is 3.38. The molecule has 1 atom stereocenters. The SMILES string of the molecule is Cn1c(NC[C@@H](N)CC2CCCCC2)nc(-c2ccncc2)c(N2Cc3ccccc3C2)c1=O. The van der Waals surface area contributed by atoms with Gasteiger partial charge in [0.05, 0.1) is 0 Å². The van der Waals surface area contributed by atoms with Gasteiger partial charge in [-0.3, -0.25) is 14.3 Å². The zero-order valence-electron chi connectivity index (χ0n) is 19.9. The van der Waals surface area contributed by atoms with Crippen LogP contribution in [0.4, 0.5) is 11.6 Å². The lowest BCUT2D eigenvalue weighted by molar-refractivity contribution is 0.320. The van der Waals surface area contributed by atoms with E-state index in [1.807, 2.05) is 24.3 Å². The molecule has 1 aliphatic heterocycles. The molecule has 2 aliphatic rings. The third kappa shape index (κ3) is 4.71. The average Bonchev–Trinajstić information content (AvgIpc) is 3.29. The Balaban J connectivity index is 1.43. The van der Waals surface area contributed by atoms with Crippen LogP contribution in [0.2, 0.25) is 0 Å². The molecule has 34 heavy (non-hydrogen) atoms. The molecule has 0 spiro atoms. The second-order valence-corrected chi connectivity index (χ2v) is 9.74. The second kappa shape index (κ2) is 9.97. The lowest BCUT2D eigenvalue weighted by atomic mass is 9.85. The highest BCUT2D eigenvalue weighted by Crippen LogP contribution is 2.33. The van der Waals surface area contributed by atoms with Crippen LogP contribution in [0.15, 0.2) is 53.6 Å². The molecular formula is C27H34N6O. The van der Waals surface area contributed by atoms with Gasteiger partial charge < -0.3 is 16.0 Å². The van der Waals surface area contributed by atoms with Gasteiger partial charge >= 0.3 is 0 Å². The van der Waals surface area contributed by atoms with E-state index in [1.54, 1.807) is 24.0 Å². The summed E-state index contributed by atoms with van der Waals surface area (Å²) in [7, 11) is 1.79. The number of anilines is 2. The fourth-order valence-corrected chi connectivity index (χ4v) is 5.39. The van der Waals surface area contributed by atoms with E-state index >= 15 is 0 Å². The van der Waals surface area contributed by atoms with Crippen molar-refractivity contribution in [2.75, 3.05) is 16.8 Å². The lowest BCUT2D eigenvalue weighted by Gasteiger charge is -2.25. The van der Waals surface area contributed by atoms with Crippen molar-refractivity contribution in [3.05, 3.63) is 70.3 Å². The van der Waals surface area contributed by atoms with E-state index < -0.39 is 0 Å². The first kappa shape index (κ1) is 22.6. The number of hydrogen-bond acceptors (Lipinski definition) is 6. The zero-order valence-corrected chi connectivity index (χ0v) is 19.9. The Morgan fingerprint density at radius 3 is 2.41 bits per heavy atom. The van der Waals surface area contributed by atoms with E-state index in [0.717, 1.165) is 12.0 Å². The number of nitrogens with one attached hydrogen (secondary N) is 1. The summed E-state index contributed by atoms with van der Waals surface area (Å²) in [5.41, 5.74) is 11.1. The maximum Gasteiger partial charge on any atom is 0.278 e. The van der Waals surface area contributed by atoms with Gasteiger partial charge in [0.25, 0.3) is 5.56 Å². The first-order valence-corrected chi connectivity index (χ1v) is 12.4. The predicted molar refractivity (Wildman–Crippen MR) is 137 cm³/mol. The summed E-state index contributed by atoms with van der Waals surface area (Å²) in [6, 6.07) is 12.2. The second-order valence-electron chi connectivity index (χ2n) is 9.74. The van der Waals surface area contributed by atoms with E-state index in [-0.39, 0.29) is 11.6 Å². The summed E-state index contributed by atoms with van der Waals surface area (Å²) in [6.07, 6.45) is 11.0. The van der Waals surface area contributed by atoms with Crippen LogP contribution in [0.5, 0.6) is 0 Å². The molecule has 3 heterocycles. The van der Waals surface area contributed by atoms with Gasteiger partial charge in [-0.25, -0.2) is 4.98 Å². The van der Waals surface area contributed by atoms with Gasteiger partial charge in [0.15, 0.2) is 0 Å². The van der Waals surface area contributed by atoms with E-state index in [2.05, 4.69) is 27.3 Å². The molecule has 0 unspecified atom stereocenters. The Kier molecular flexibility index (Phi) is 6.63. The van der Waals surface area contributed by atoms with Crippen molar-refractivity contribution in [3.63, 3.8) is 0 Å². The van der Waals surface area contributed by atoms with Crippen LogP contribution in [-0.4, -0.2) is 27.1 Å². The van der Waals surface area contributed by atoms with Crippen molar-refractivity contribution in [2.45, 2.75) is 57.7 Å². The van der Waals surface area contributed by atoms with Gasteiger partial charge in [-0.15, -0.1) is 0 Å². The smallest absolute Gasteiger partial charge is 0.278 e. The molecule has 0 radical (unpaired) electrons. The summed E-state index contributed by atoms with van der Waals surface area (Å²) in [4.78, 5) is 24.9. The predicted octanol–water partition coefficient (Wildman–Crippen LogP) is 4.07. The Morgan fingerprint density at radius 2 is 1.74 bits per heavy atom. The molecule has 2 aromatic heterocycles. The molecule has 7 heteroatoms. The van der Waals surface area contributed by atoms with Crippen LogP contribution >= 0.6 is 0 Å². The molecule has 1 saturated carbocycles. The number of nitrogens with two attached hydrogens (primary N) is 1. The van der Waals surface area contributed by atoms with Crippen molar-refractivity contribution < 1.29 is 0 Å². The lowest BCUT2D eigenvalue weighted by Crippen LogP contribution is -2.35. The molecule has 7 nitrogen and oxygen atoms in total. The molecule has 3 N–H and O–H groups in total. The van der Waals surface area contributed by atoms with E-state index in [4.69, 9.17) is 10.7 Å². The van der Waals surface area contributed by atoms with E-state index in [1.165, 1.54) is 43.2 Å². The van der Waals surface area contributed by atoms with E-state index in [0.29, 0.717) is 42.9 Å². The number of benzene rings is 1. The zero-order chi connectivity index (χ0) is 23.5. The van der Waals surface area contributed by atoms with E-state index in [9.17, 15) is 4.79 Å². The fraction of sp³-hybridized carbons (Fsp3) is 0.444. The van der Waals surface area contributed by atoms with Crippen molar-refractivity contribution in [1.82, 2.24) is 14.5 Å². The van der Waals surface area contributed by atoms with Crippen LogP contribution in [0.3, 0.4) is 0 Å². The summed E-state index contributed by atoms with van der Waals surface area (Å²) in [5.74, 6) is 1.27. The molecule has 178 valence electrons. The molecule has 1 aliphatic carbocycles. The maximum absolute atomic E-state index is 13.7. The minimum absolute atomic E-state index is 0.0390. The number of fused-ring (bicyclic) bond motifs is 1. The molecule has 5 rings (SSSR count). The monoisotopic (exact) mass is 458 g/mol. The summed E-state index contributed by atoms with van der Waals surface area (Å²) >= 11 is 0. The molecular weight excluding hydrogens is 424 g/mol. The summed E-state index contributed by atoms with van der Waals surface area (Å²) in [6.45, 7) is 2.00. The Labute approximate surface area is 201 Å². The van der Waals surface area contributed by atoms with Crippen LogP contribution in [-0.2, 0) is 20.1 Å². The van der Waals surface area contributed by atoms with Crippen molar-refractivity contribution in [1.29, 1.82) is 0 Å². The van der Waals surface area contributed by atoms with Crippen LogP contribution in [0, 0.1) is 5.92 Å². The number of aromatic nitrogens is 3. The Morgan fingerprint density at radius 1 is 1.06 bits per heavy atom. The largest absolute Gasteiger partial charge is 0.357 e. The molecule has 0 amide bonds. The molecule has 3 aromatic rings. The standard InChI is InChI=1S/C27H34N6O/c1-32-26(34)25(33-17-21-9-5-6-10-22(21)18-33)24(20-11-13-29-14-12-20)31-27(32)30-16-23(28)15-19-7-3-2-4-8-19/h5-6,9-14,19,23H,2-4,7-8,15-18,28H2,1H3,(H,30,31)/t23-/m0/s1. The topological polar surface area (TPSA) is 89.1 Å². The molecule has 1 aromatic carbocycles. The average molecular weight is 459 g/mol. The van der Waals surface area contributed by atoms with Crippen molar-refractivity contribution in [3.8, 4) is 11.3 Å². The van der Waals surface area contributed by atoms with Gasteiger partial charge in [0, 0.05) is 50.7 Å². The third-order valence-electron chi connectivity index (χ3n) is 7.26. The van der Waals surface area contributed by atoms with Gasteiger partial charge in [-0.2, -0.15) is 0 Å². The third-order valence-corrected chi connectivity index (χ3v) is 7.26. The molecule has 1 fully saturated rings. The number of rotatable bonds is 7. The van der Waals surface area contributed by atoms with Gasteiger partial charge in [0.1, 0.15) is 11.4 Å². The normalized spacial score (nSPS) is 16.9. The highest BCUT2D eigenvalue weighted by molar-refractivity contribution is 5.76. The van der Waals surface area contributed by atoms with Gasteiger partial charge in [0.2, 0.25) is 5.95 Å². The van der Waals surface area contributed by atoms with Gasteiger partial charge in [-0.05, 0) is 35.6 Å². The number of pyridine rings is 1. The highest BCUT2D eigenvalue weighted by Gasteiger charge is 2.27. The molecule has 0 bridgehead atoms. The maximum atomic E-state index is 13.7. The van der Waals surface area contributed by atoms with Crippen LogP contribution in [0.25, 0.3) is 11.3 Å². The van der Waals surface area contributed by atoms with Crippen molar-refractivity contribution in [2.24, 2.45) is 18.7 Å². The molecule has 0 saturated heterocycles.